The van der Waals surface area contributed by atoms with Crippen LogP contribution >= 0.6 is 0 Å². The van der Waals surface area contributed by atoms with Crippen molar-refractivity contribution < 1.29 is 15.0 Å². The molecule has 5 heteroatoms. The first-order chi connectivity index (χ1) is 9.67. The van der Waals surface area contributed by atoms with E-state index in [1.54, 1.807) is 29.2 Å². The van der Waals surface area contributed by atoms with Gasteiger partial charge in [-0.15, -0.1) is 6.58 Å². The first-order valence-corrected chi connectivity index (χ1v) is 6.27. The number of aromatic carboxylic acids is 1. The van der Waals surface area contributed by atoms with Crippen molar-refractivity contribution in [2.45, 2.75) is 0 Å². The van der Waals surface area contributed by atoms with E-state index in [2.05, 4.69) is 11.6 Å². The molecule has 0 radical (unpaired) electrons. The van der Waals surface area contributed by atoms with Crippen LogP contribution in [0.15, 0.2) is 43.0 Å². The molecule has 0 aliphatic carbocycles. The third-order valence-electron chi connectivity index (χ3n) is 2.98. The number of aromatic nitrogens is 1. The molecule has 0 spiro atoms. The smallest absolute Gasteiger partial charge is 0.336 e. The van der Waals surface area contributed by atoms with Crippen LogP contribution in [0, 0.1) is 0 Å². The molecule has 2 N–H and O–H groups in total. The molecule has 0 aliphatic heterocycles. The molecule has 1 heterocycles. The molecule has 1 aromatic carbocycles. The zero-order valence-electron chi connectivity index (χ0n) is 11.0. The highest BCUT2D eigenvalue weighted by atomic mass is 16.4. The number of rotatable bonds is 6. The van der Waals surface area contributed by atoms with E-state index in [0.717, 1.165) is 0 Å². The molecule has 0 aliphatic rings. The van der Waals surface area contributed by atoms with Gasteiger partial charge in [-0.3, -0.25) is 0 Å². The van der Waals surface area contributed by atoms with Crippen molar-refractivity contribution in [1.29, 1.82) is 0 Å². The van der Waals surface area contributed by atoms with Crippen molar-refractivity contribution in [1.82, 2.24) is 4.98 Å². The SMILES string of the molecule is C=CCN(CCO)c1cc(C(=O)O)c2ccccc2n1. The molecular formula is C15H16N2O3. The first kappa shape index (κ1) is 14.0. The maximum absolute atomic E-state index is 11.4. The number of nitrogens with zero attached hydrogens (tertiary/aromatic N) is 2. The van der Waals surface area contributed by atoms with Crippen LogP contribution in [0.2, 0.25) is 0 Å². The van der Waals surface area contributed by atoms with Crippen LogP contribution in [-0.4, -0.2) is 40.9 Å². The molecule has 0 unspecified atom stereocenters. The van der Waals surface area contributed by atoms with Gasteiger partial charge in [0.05, 0.1) is 17.7 Å². The molecule has 0 atom stereocenters. The lowest BCUT2D eigenvalue weighted by Crippen LogP contribution is -2.27. The maximum atomic E-state index is 11.4. The number of carboxylic acid groups (broad SMARTS) is 1. The van der Waals surface area contributed by atoms with E-state index >= 15 is 0 Å². The summed E-state index contributed by atoms with van der Waals surface area (Å²) in [7, 11) is 0. The number of para-hydroxylation sites is 1. The van der Waals surface area contributed by atoms with Crippen LogP contribution in [0.4, 0.5) is 5.82 Å². The summed E-state index contributed by atoms with van der Waals surface area (Å²) in [6, 6.07) is 8.64. The summed E-state index contributed by atoms with van der Waals surface area (Å²) in [5.74, 6) is -0.470. The highest BCUT2D eigenvalue weighted by Crippen LogP contribution is 2.23. The third kappa shape index (κ3) is 2.78. The molecule has 0 saturated heterocycles. The topological polar surface area (TPSA) is 73.7 Å². The van der Waals surface area contributed by atoms with Crippen molar-refractivity contribution in [2.75, 3.05) is 24.6 Å². The molecule has 0 fully saturated rings. The molecular weight excluding hydrogens is 256 g/mol. The number of hydrogen-bond donors (Lipinski definition) is 2. The molecule has 5 nitrogen and oxygen atoms in total. The van der Waals surface area contributed by atoms with Gasteiger partial charge in [0, 0.05) is 18.5 Å². The Bertz CT molecular complexity index is 640. The van der Waals surface area contributed by atoms with Gasteiger partial charge in [-0.2, -0.15) is 0 Å². The Labute approximate surface area is 116 Å². The predicted molar refractivity (Wildman–Crippen MR) is 78.2 cm³/mol. The Morgan fingerprint density at radius 2 is 2.15 bits per heavy atom. The van der Waals surface area contributed by atoms with E-state index < -0.39 is 5.97 Å². The summed E-state index contributed by atoms with van der Waals surface area (Å²) in [5.41, 5.74) is 0.826. The van der Waals surface area contributed by atoms with E-state index in [-0.39, 0.29) is 12.2 Å². The molecule has 2 rings (SSSR count). The van der Waals surface area contributed by atoms with Gasteiger partial charge in [0.15, 0.2) is 0 Å². The molecule has 0 saturated carbocycles. The summed E-state index contributed by atoms with van der Waals surface area (Å²) in [4.78, 5) is 17.6. The van der Waals surface area contributed by atoms with E-state index in [1.165, 1.54) is 6.07 Å². The van der Waals surface area contributed by atoms with Crippen LogP contribution in [-0.2, 0) is 0 Å². The molecule has 0 amide bonds. The van der Waals surface area contributed by atoms with Crippen molar-refractivity contribution in [3.63, 3.8) is 0 Å². The second-order valence-corrected chi connectivity index (χ2v) is 4.31. The average Bonchev–Trinajstić information content (AvgIpc) is 2.45. The monoisotopic (exact) mass is 272 g/mol. The second-order valence-electron chi connectivity index (χ2n) is 4.31. The fourth-order valence-corrected chi connectivity index (χ4v) is 2.08. The number of hydrogen-bond acceptors (Lipinski definition) is 4. The van der Waals surface area contributed by atoms with Gasteiger partial charge < -0.3 is 15.1 Å². The molecule has 1 aromatic heterocycles. The van der Waals surface area contributed by atoms with Gasteiger partial charge in [-0.1, -0.05) is 24.3 Å². The summed E-state index contributed by atoms with van der Waals surface area (Å²) in [6.07, 6.45) is 1.69. The van der Waals surface area contributed by atoms with E-state index in [9.17, 15) is 9.90 Å². The first-order valence-electron chi connectivity index (χ1n) is 6.27. The number of carboxylic acids is 1. The number of aliphatic hydroxyl groups is 1. The fourth-order valence-electron chi connectivity index (χ4n) is 2.08. The lowest BCUT2D eigenvalue weighted by atomic mass is 10.1. The Kier molecular flexibility index (Phi) is 4.32. The number of pyridine rings is 1. The van der Waals surface area contributed by atoms with E-state index in [1.807, 2.05) is 6.07 Å². The molecule has 20 heavy (non-hydrogen) atoms. The maximum Gasteiger partial charge on any atom is 0.336 e. The second kappa shape index (κ2) is 6.16. The Balaban J connectivity index is 2.58. The minimum absolute atomic E-state index is 0.0370. The number of fused-ring (bicyclic) bond motifs is 1. The van der Waals surface area contributed by atoms with Gasteiger partial charge in [-0.25, -0.2) is 9.78 Å². The largest absolute Gasteiger partial charge is 0.478 e. The standard InChI is InChI=1S/C15H16N2O3/c1-2-7-17(8-9-18)14-10-12(15(19)20)11-5-3-4-6-13(11)16-14/h2-6,10,18H,1,7-9H2,(H,19,20). The summed E-state index contributed by atoms with van der Waals surface area (Å²) in [6.45, 7) is 4.49. The average molecular weight is 272 g/mol. The van der Waals surface area contributed by atoms with E-state index in [4.69, 9.17) is 5.11 Å². The summed E-state index contributed by atoms with van der Waals surface area (Å²) < 4.78 is 0. The highest BCUT2D eigenvalue weighted by Gasteiger charge is 2.14. The van der Waals surface area contributed by atoms with Gasteiger partial charge in [0.1, 0.15) is 5.82 Å². The summed E-state index contributed by atoms with van der Waals surface area (Å²) >= 11 is 0. The summed E-state index contributed by atoms with van der Waals surface area (Å²) in [5, 5.41) is 19.0. The lowest BCUT2D eigenvalue weighted by molar-refractivity contribution is 0.0699. The third-order valence-corrected chi connectivity index (χ3v) is 2.98. The quantitative estimate of drug-likeness (QED) is 0.786. The normalized spacial score (nSPS) is 10.4. The molecule has 0 bridgehead atoms. The minimum atomic E-state index is -0.993. The van der Waals surface area contributed by atoms with Gasteiger partial charge >= 0.3 is 5.97 Å². The van der Waals surface area contributed by atoms with Crippen LogP contribution in [0.3, 0.4) is 0 Å². The lowest BCUT2D eigenvalue weighted by Gasteiger charge is -2.22. The predicted octanol–water partition coefficient (Wildman–Crippen LogP) is 1.92. The van der Waals surface area contributed by atoms with Crippen molar-refractivity contribution in [2.24, 2.45) is 0 Å². The molecule has 104 valence electrons. The van der Waals surface area contributed by atoms with Gasteiger partial charge in [0.2, 0.25) is 0 Å². The fraction of sp³-hybridized carbons (Fsp3) is 0.200. The zero-order chi connectivity index (χ0) is 14.5. The number of aliphatic hydroxyl groups excluding tert-OH is 1. The van der Waals surface area contributed by atoms with Gasteiger partial charge in [-0.05, 0) is 12.1 Å². The van der Waals surface area contributed by atoms with Crippen LogP contribution in [0.5, 0.6) is 0 Å². The van der Waals surface area contributed by atoms with Gasteiger partial charge in [0.25, 0.3) is 0 Å². The van der Waals surface area contributed by atoms with Crippen molar-refractivity contribution >= 4 is 22.7 Å². The zero-order valence-corrected chi connectivity index (χ0v) is 11.0. The Morgan fingerprint density at radius 3 is 2.80 bits per heavy atom. The highest BCUT2D eigenvalue weighted by molar-refractivity contribution is 6.03. The van der Waals surface area contributed by atoms with Crippen LogP contribution in [0.1, 0.15) is 10.4 Å². The van der Waals surface area contributed by atoms with Crippen LogP contribution < -0.4 is 4.90 Å². The number of carbonyl (C=O) groups is 1. The molecule has 2 aromatic rings. The van der Waals surface area contributed by atoms with Crippen molar-refractivity contribution in [3.8, 4) is 0 Å². The van der Waals surface area contributed by atoms with Crippen LogP contribution in [0.25, 0.3) is 10.9 Å². The van der Waals surface area contributed by atoms with Crippen molar-refractivity contribution in [3.05, 3.63) is 48.6 Å². The Morgan fingerprint density at radius 1 is 1.40 bits per heavy atom. The van der Waals surface area contributed by atoms with E-state index in [0.29, 0.717) is 29.8 Å². The minimum Gasteiger partial charge on any atom is -0.478 e. The Hall–Kier alpha value is -2.40. The number of benzene rings is 1. The number of anilines is 1.